The third kappa shape index (κ3) is 7.04. The number of hydrogen-bond donors (Lipinski definition) is 2. The van der Waals surface area contributed by atoms with Crippen molar-refractivity contribution in [1.29, 1.82) is 0 Å². The van der Waals surface area contributed by atoms with Gasteiger partial charge in [0.1, 0.15) is 17.5 Å². The van der Waals surface area contributed by atoms with Crippen LogP contribution in [0.2, 0.25) is 0 Å². The van der Waals surface area contributed by atoms with Crippen LogP contribution in [0.15, 0.2) is 54.9 Å². The summed E-state index contributed by atoms with van der Waals surface area (Å²) in [4.78, 5) is 11.1. The Bertz CT molecular complexity index is 1600. The number of rotatable bonds is 6. The standard InChI is InChI=1S/C32H33F6N5O2/c1-42-12-10-26(11-13-42)45-25-8-2-19(3-9-25)28-18-43(23-4-6-24(44)7-5-23)29-27(28)17-39-30(41-29)40-22-15-20(31(33,34)35)14-21(16-22)32(36,37)38/h2-3,8-9,14-18,23-24,26,44H,4-7,10-13H2,1H3,(H,39,40,41)/t23-,24-. The quantitative estimate of drug-likeness (QED) is 0.211. The minimum Gasteiger partial charge on any atom is -0.490 e. The first-order valence-corrected chi connectivity index (χ1v) is 14.9. The van der Waals surface area contributed by atoms with E-state index >= 15 is 0 Å². The van der Waals surface area contributed by atoms with Gasteiger partial charge in [-0.3, -0.25) is 0 Å². The zero-order valence-electron chi connectivity index (χ0n) is 24.5. The number of likely N-dealkylation sites (tertiary alicyclic amines) is 1. The molecule has 6 rings (SSSR count). The summed E-state index contributed by atoms with van der Waals surface area (Å²) in [7, 11) is 2.09. The average Bonchev–Trinajstić information content (AvgIpc) is 3.37. The fraction of sp³-hybridized carbons (Fsp3) is 0.438. The van der Waals surface area contributed by atoms with Gasteiger partial charge in [-0.1, -0.05) is 12.1 Å². The van der Waals surface area contributed by atoms with E-state index in [1.807, 2.05) is 35.0 Å². The minimum absolute atomic E-state index is 0.00942. The lowest BCUT2D eigenvalue weighted by molar-refractivity contribution is -0.143. The highest BCUT2D eigenvalue weighted by Crippen LogP contribution is 2.40. The Morgan fingerprint density at radius 3 is 2.09 bits per heavy atom. The molecule has 1 aliphatic carbocycles. The molecule has 0 amide bonds. The highest BCUT2D eigenvalue weighted by molar-refractivity contribution is 5.94. The van der Waals surface area contributed by atoms with Gasteiger partial charge in [-0.2, -0.15) is 31.3 Å². The molecule has 1 aliphatic heterocycles. The first kappa shape index (κ1) is 31.2. The Morgan fingerprint density at radius 1 is 0.867 bits per heavy atom. The molecule has 2 fully saturated rings. The maximum absolute atomic E-state index is 13.4. The second-order valence-corrected chi connectivity index (χ2v) is 11.9. The van der Waals surface area contributed by atoms with Crippen molar-refractivity contribution >= 4 is 22.7 Å². The van der Waals surface area contributed by atoms with Gasteiger partial charge < -0.3 is 24.6 Å². The molecule has 13 heteroatoms. The SMILES string of the molecule is CN1CCC(Oc2ccc(-c3cn([C@H]4CC[C@H](O)CC4)c4nc(Nc5cc(C(F)(F)F)cc(C(F)(F)F)c5)ncc34)cc2)CC1. The Kier molecular flexibility index (Phi) is 8.42. The predicted molar refractivity (Wildman–Crippen MR) is 157 cm³/mol. The van der Waals surface area contributed by atoms with Crippen molar-refractivity contribution < 1.29 is 36.2 Å². The van der Waals surface area contributed by atoms with Crippen molar-refractivity contribution in [3.05, 3.63) is 66.0 Å². The van der Waals surface area contributed by atoms with Crippen LogP contribution in [0.4, 0.5) is 38.0 Å². The highest BCUT2D eigenvalue weighted by Gasteiger charge is 2.37. The molecule has 3 heterocycles. The van der Waals surface area contributed by atoms with E-state index in [2.05, 4.69) is 27.2 Å². The maximum atomic E-state index is 13.4. The Hall–Kier alpha value is -3.84. The molecule has 0 radical (unpaired) electrons. The second kappa shape index (κ2) is 12.2. The number of halogens is 6. The number of fused-ring (bicyclic) bond motifs is 1. The number of nitrogens with zero attached hydrogens (tertiary/aromatic N) is 4. The van der Waals surface area contributed by atoms with Crippen LogP contribution in [0, 0.1) is 0 Å². The number of alkyl halides is 6. The summed E-state index contributed by atoms with van der Waals surface area (Å²) in [5, 5.41) is 13.3. The third-order valence-electron chi connectivity index (χ3n) is 8.61. The van der Waals surface area contributed by atoms with Gasteiger partial charge in [0.2, 0.25) is 5.95 Å². The maximum Gasteiger partial charge on any atom is 0.416 e. The van der Waals surface area contributed by atoms with E-state index in [4.69, 9.17) is 4.74 Å². The van der Waals surface area contributed by atoms with E-state index in [-0.39, 0.29) is 24.2 Å². The summed E-state index contributed by atoms with van der Waals surface area (Å²) in [5.74, 6) is 0.624. The van der Waals surface area contributed by atoms with Crippen molar-refractivity contribution in [1.82, 2.24) is 19.4 Å². The molecule has 7 nitrogen and oxygen atoms in total. The molecule has 2 aromatic carbocycles. The van der Waals surface area contributed by atoms with E-state index in [0.717, 1.165) is 42.8 Å². The molecular weight excluding hydrogens is 600 g/mol. The molecule has 2 aromatic heterocycles. The molecule has 0 spiro atoms. The normalized spacial score (nSPS) is 20.4. The van der Waals surface area contributed by atoms with Crippen LogP contribution in [0.3, 0.4) is 0 Å². The van der Waals surface area contributed by atoms with Crippen molar-refractivity contribution in [2.75, 3.05) is 25.5 Å². The predicted octanol–water partition coefficient (Wildman–Crippen LogP) is 7.83. The summed E-state index contributed by atoms with van der Waals surface area (Å²) in [6, 6.07) is 8.99. The number of aliphatic hydroxyl groups is 1. The van der Waals surface area contributed by atoms with Crippen molar-refractivity contribution in [2.45, 2.75) is 69.1 Å². The molecule has 240 valence electrons. The molecule has 2 aliphatic rings. The fourth-order valence-electron chi connectivity index (χ4n) is 6.10. The number of piperidine rings is 1. The van der Waals surface area contributed by atoms with Crippen molar-refractivity contribution in [3.63, 3.8) is 0 Å². The molecule has 2 N–H and O–H groups in total. The highest BCUT2D eigenvalue weighted by atomic mass is 19.4. The third-order valence-corrected chi connectivity index (χ3v) is 8.61. The van der Waals surface area contributed by atoms with Crippen LogP contribution in [0.5, 0.6) is 5.75 Å². The van der Waals surface area contributed by atoms with Gasteiger partial charge >= 0.3 is 12.4 Å². The summed E-state index contributed by atoms with van der Waals surface area (Å²) in [6.07, 6.45) is -2.26. The van der Waals surface area contributed by atoms with E-state index in [1.165, 1.54) is 6.20 Å². The minimum atomic E-state index is -4.98. The molecule has 4 aromatic rings. The lowest BCUT2D eigenvalue weighted by atomic mass is 9.93. The van der Waals surface area contributed by atoms with E-state index in [9.17, 15) is 31.4 Å². The van der Waals surface area contributed by atoms with Gasteiger partial charge in [0.05, 0.1) is 17.2 Å². The largest absolute Gasteiger partial charge is 0.490 e. The number of anilines is 2. The smallest absolute Gasteiger partial charge is 0.416 e. The monoisotopic (exact) mass is 633 g/mol. The number of ether oxygens (including phenoxy) is 1. The molecule has 45 heavy (non-hydrogen) atoms. The zero-order valence-corrected chi connectivity index (χ0v) is 24.5. The number of benzene rings is 2. The van der Waals surface area contributed by atoms with E-state index < -0.39 is 35.3 Å². The number of nitrogens with one attached hydrogen (secondary N) is 1. The van der Waals surface area contributed by atoms with Crippen LogP contribution >= 0.6 is 0 Å². The summed E-state index contributed by atoms with van der Waals surface area (Å²) >= 11 is 0. The summed E-state index contributed by atoms with van der Waals surface area (Å²) in [5.41, 5.74) is -1.12. The van der Waals surface area contributed by atoms with Gasteiger partial charge in [0.15, 0.2) is 0 Å². The lowest BCUT2D eigenvalue weighted by Gasteiger charge is -2.29. The Morgan fingerprint density at radius 2 is 1.49 bits per heavy atom. The fourth-order valence-corrected chi connectivity index (χ4v) is 6.10. The Labute approximate surface area is 255 Å². The molecule has 0 unspecified atom stereocenters. The van der Waals surface area contributed by atoms with Gasteiger partial charge in [-0.25, -0.2) is 4.98 Å². The van der Waals surface area contributed by atoms with Crippen molar-refractivity contribution in [2.24, 2.45) is 0 Å². The van der Waals surface area contributed by atoms with Gasteiger partial charge in [0, 0.05) is 48.2 Å². The number of hydrogen-bond acceptors (Lipinski definition) is 6. The van der Waals surface area contributed by atoms with Crippen LogP contribution < -0.4 is 10.1 Å². The lowest BCUT2D eigenvalue weighted by Crippen LogP contribution is -2.35. The van der Waals surface area contributed by atoms with Crippen LogP contribution in [0.1, 0.15) is 55.7 Å². The zero-order chi connectivity index (χ0) is 31.9. The average molecular weight is 634 g/mol. The molecule has 1 saturated carbocycles. The van der Waals surface area contributed by atoms with Crippen LogP contribution in [-0.4, -0.2) is 56.9 Å². The molecule has 1 saturated heterocycles. The Balaban J connectivity index is 1.34. The van der Waals surface area contributed by atoms with Crippen LogP contribution in [-0.2, 0) is 12.4 Å². The first-order chi connectivity index (χ1) is 21.3. The van der Waals surface area contributed by atoms with E-state index in [0.29, 0.717) is 48.8 Å². The summed E-state index contributed by atoms with van der Waals surface area (Å²) in [6.45, 7) is 1.96. The van der Waals surface area contributed by atoms with Crippen LogP contribution in [0.25, 0.3) is 22.2 Å². The number of aromatic nitrogens is 3. The molecule has 0 bridgehead atoms. The van der Waals surface area contributed by atoms with Gasteiger partial charge in [0.25, 0.3) is 0 Å². The van der Waals surface area contributed by atoms with Crippen molar-refractivity contribution in [3.8, 4) is 16.9 Å². The molecule has 0 atom stereocenters. The van der Waals surface area contributed by atoms with E-state index in [1.54, 1.807) is 0 Å². The second-order valence-electron chi connectivity index (χ2n) is 11.9. The molecular formula is C32H33F6N5O2. The topological polar surface area (TPSA) is 75.4 Å². The van der Waals surface area contributed by atoms with Gasteiger partial charge in [-0.05, 0) is 81.5 Å². The first-order valence-electron chi connectivity index (χ1n) is 14.9. The summed E-state index contributed by atoms with van der Waals surface area (Å²) < 4.78 is 88.8. The number of aliphatic hydroxyl groups excluding tert-OH is 1. The van der Waals surface area contributed by atoms with Gasteiger partial charge in [-0.15, -0.1) is 0 Å².